The van der Waals surface area contributed by atoms with Crippen LogP contribution in [0.4, 0.5) is 0 Å². The molecular formula is C11H17N3O2. The first-order chi connectivity index (χ1) is 7.72. The molecule has 0 N–H and O–H groups in total. The zero-order valence-electron chi connectivity index (χ0n) is 9.72. The van der Waals surface area contributed by atoms with Crippen molar-refractivity contribution in [1.82, 2.24) is 15.0 Å². The molecule has 1 aromatic heterocycles. The van der Waals surface area contributed by atoms with Gasteiger partial charge >= 0.3 is 0 Å². The molecular weight excluding hydrogens is 206 g/mol. The molecule has 88 valence electrons. The van der Waals surface area contributed by atoms with Gasteiger partial charge in [-0.3, -0.25) is 9.69 Å². The molecule has 1 unspecified atom stereocenters. The van der Waals surface area contributed by atoms with Crippen molar-refractivity contribution < 1.29 is 9.32 Å². The summed E-state index contributed by atoms with van der Waals surface area (Å²) in [5.41, 5.74) is 0. The van der Waals surface area contributed by atoms with Gasteiger partial charge in [0.25, 0.3) is 0 Å². The Kier molecular flexibility index (Phi) is 3.33. The number of likely N-dealkylation sites (tertiary alicyclic amines) is 1. The molecule has 1 aliphatic heterocycles. The molecule has 0 aromatic carbocycles. The van der Waals surface area contributed by atoms with Crippen LogP contribution in [0.5, 0.6) is 0 Å². The van der Waals surface area contributed by atoms with Gasteiger partial charge in [0.05, 0.1) is 6.04 Å². The first-order valence-corrected chi connectivity index (χ1v) is 5.77. The van der Waals surface area contributed by atoms with Crippen molar-refractivity contribution in [1.29, 1.82) is 0 Å². The molecule has 1 saturated heterocycles. The van der Waals surface area contributed by atoms with Crippen molar-refractivity contribution in [2.45, 2.75) is 45.2 Å². The molecule has 2 heterocycles. The Balaban J connectivity index is 2.19. The minimum Gasteiger partial charge on any atom is -0.337 e. The predicted molar refractivity (Wildman–Crippen MR) is 58.1 cm³/mol. The molecule has 5 heteroatoms. The maximum atomic E-state index is 10.5. The summed E-state index contributed by atoms with van der Waals surface area (Å²) in [4.78, 5) is 17.0. The highest BCUT2D eigenvalue weighted by molar-refractivity contribution is 5.68. The van der Waals surface area contributed by atoms with Gasteiger partial charge in [-0.1, -0.05) is 11.6 Å². The van der Waals surface area contributed by atoms with E-state index in [4.69, 9.17) is 4.52 Å². The lowest BCUT2D eigenvalue weighted by Crippen LogP contribution is -2.38. The van der Waals surface area contributed by atoms with E-state index in [0.717, 1.165) is 13.0 Å². The molecule has 1 aliphatic rings. The topological polar surface area (TPSA) is 59.2 Å². The number of carbonyl (C=O) groups excluding carboxylic acids is 1. The Bertz CT molecular complexity index is 362. The van der Waals surface area contributed by atoms with Gasteiger partial charge in [-0.25, -0.2) is 0 Å². The fourth-order valence-electron chi connectivity index (χ4n) is 2.27. The first-order valence-electron chi connectivity index (χ1n) is 5.77. The van der Waals surface area contributed by atoms with Gasteiger partial charge in [-0.05, 0) is 33.2 Å². The van der Waals surface area contributed by atoms with Crippen LogP contribution in [0.25, 0.3) is 0 Å². The highest BCUT2D eigenvalue weighted by Gasteiger charge is 2.30. The number of rotatable bonds is 3. The molecule has 0 amide bonds. The van der Waals surface area contributed by atoms with Crippen LogP contribution in [0, 0.1) is 0 Å². The molecule has 0 bridgehead atoms. The van der Waals surface area contributed by atoms with Gasteiger partial charge in [0.1, 0.15) is 0 Å². The van der Waals surface area contributed by atoms with Crippen LogP contribution >= 0.6 is 0 Å². The lowest BCUT2D eigenvalue weighted by Gasteiger charge is -2.36. The third-order valence-electron chi connectivity index (χ3n) is 3.06. The average molecular weight is 223 g/mol. The molecule has 0 spiro atoms. The molecule has 1 aromatic rings. The monoisotopic (exact) mass is 223 g/mol. The summed E-state index contributed by atoms with van der Waals surface area (Å²) in [6, 6.07) is 0.631. The highest BCUT2D eigenvalue weighted by atomic mass is 16.5. The van der Waals surface area contributed by atoms with Gasteiger partial charge in [-0.15, -0.1) is 0 Å². The van der Waals surface area contributed by atoms with E-state index >= 15 is 0 Å². The summed E-state index contributed by atoms with van der Waals surface area (Å²) in [6.45, 7) is 5.38. The van der Waals surface area contributed by atoms with Crippen molar-refractivity contribution in [3.05, 3.63) is 11.7 Å². The molecule has 1 fully saturated rings. The Morgan fingerprint density at radius 2 is 2.31 bits per heavy atom. The third-order valence-corrected chi connectivity index (χ3v) is 3.06. The zero-order valence-corrected chi connectivity index (χ0v) is 9.72. The van der Waals surface area contributed by atoms with Gasteiger partial charge in [0.15, 0.2) is 6.29 Å². The number of hydrogen-bond acceptors (Lipinski definition) is 5. The number of aldehydes is 1. The van der Waals surface area contributed by atoms with Crippen molar-refractivity contribution in [2.24, 2.45) is 0 Å². The number of carbonyl (C=O) groups is 1. The second-order valence-corrected chi connectivity index (χ2v) is 4.45. The minimum absolute atomic E-state index is 0.143. The lowest BCUT2D eigenvalue weighted by molar-refractivity contribution is 0.0874. The average Bonchev–Trinajstić information content (AvgIpc) is 2.77. The van der Waals surface area contributed by atoms with E-state index in [9.17, 15) is 4.79 Å². The predicted octanol–water partition coefficient (Wildman–Crippen LogP) is 1.82. The summed E-state index contributed by atoms with van der Waals surface area (Å²) in [5, 5.41) is 3.62. The van der Waals surface area contributed by atoms with Gasteiger partial charge in [-0.2, -0.15) is 4.98 Å². The maximum absolute atomic E-state index is 10.5. The SMILES string of the molecule is CC(C)N1CCCCC1c1nc(C=O)no1. The van der Waals surface area contributed by atoms with Gasteiger partial charge in [0.2, 0.25) is 11.7 Å². The summed E-state index contributed by atoms with van der Waals surface area (Å²) < 4.78 is 5.14. The standard InChI is InChI=1S/C11H17N3O2/c1-8(2)14-6-4-3-5-9(14)11-12-10(7-15)13-16-11/h7-9H,3-6H2,1-2H3. The normalized spacial score (nSPS) is 22.6. The van der Waals surface area contributed by atoms with Crippen LogP contribution in [0.3, 0.4) is 0 Å². The van der Waals surface area contributed by atoms with E-state index in [1.807, 2.05) is 0 Å². The summed E-state index contributed by atoms with van der Waals surface area (Å²) in [5.74, 6) is 0.722. The molecule has 2 rings (SSSR count). The Hall–Kier alpha value is -1.23. The van der Waals surface area contributed by atoms with E-state index in [-0.39, 0.29) is 11.9 Å². The van der Waals surface area contributed by atoms with Crippen LogP contribution in [-0.4, -0.2) is 33.9 Å². The smallest absolute Gasteiger partial charge is 0.244 e. The van der Waals surface area contributed by atoms with Crippen LogP contribution in [-0.2, 0) is 0 Å². The Labute approximate surface area is 94.8 Å². The van der Waals surface area contributed by atoms with E-state index in [1.54, 1.807) is 0 Å². The van der Waals surface area contributed by atoms with Gasteiger partial charge < -0.3 is 4.52 Å². The van der Waals surface area contributed by atoms with Crippen molar-refractivity contribution >= 4 is 6.29 Å². The third kappa shape index (κ3) is 2.14. The van der Waals surface area contributed by atoms with Crippen LogP contribution in [0.2, 0.25) is 0 Å². The second kappa shape index (κ2) is 4.74. The number of piperidine rings is 1. The molecule has 5 nitrogen and oxygen atoms in total. The van der Waals surface area contributed by atoms with Crippen molar-refractivity contribution in [3.8, 4) is 0 Å². The maximum Gasteiger partial charge on any atom is 0.244 e. The summed E-state index contributed by atoms with van der Waals surface area (Å²) >= 11 is 0. The molecule has 1 atom stereocenters. The Morgan fingerprint density at radius 1 is 1.50 bits per heavy atom. The second-order valence-electron chi connectivity index (χ2n) is 4.45. The Morgan fingerprint density at radius 3 is 2.94 bits per heavy atom. The lowest BCUT2D eigenvalue weighted by atomic mass is 10.0. The molecule has 0 aliphatic carbocycles. The summed E-state index contributed by atoms with van der Waals surface area (Å²) in [7, 11) is 0. The summed E-state index contributed by atoms with van der Waals surface area (Å²) in [6.07, 6.45) is 4.03. The molecule has 0 radical (unpaired) electrons. The number of hydrogen-bond donors (Lipinski definition) is 0. The quantitative estimate of drug-likeness (QED) is 0.731. The fourth-order valence-corrected chi connectivity index (χ4v) is 2.27. The van der Waals surface area contributed by atoms with Crippen LogP contribution in [0.1, 0.15) is 55.7 Å². The van der Waals surface area contributed by atoms with E-state index in [2.05, 4.69) is 28.9 Å². The number of nitrogens with zero attached hydrogens (tertiary/aromatic N) is 3. The molecule has 16 heavy (non-hydrogen) atoms. The van der Waals surface area contributed by atoms with Crippen molar-refractivity contribution in [3.63, 3.8) is 0 Å². The van der Waals surface area contributed by atoms with Crippen molar-refractivity contribution in [2.75, 3.05) is 6.54 Å². The van der Waals surface area contributed by atoms with Crippen LogP contribution in [0.15, 0.2) is 4.52 Å². The first kappa shape index (κ1) is 11.3. The minimum atomic E-state index is 0.143. The largest absolute Gasteiger partial charge is 0.337 e. The molecule has 0 saturated carbocycles. The van der Waals surface area contributed by atoms with E-state index in [0.29, 0.717) is 18.2 Å². The van der Waals surface area contributed by atoms with Crippen LogP contribution < -0.4 is 0 Å². The van der Waals surface area contributed by atoms with E-state index < -0.39 is 0 Å². The number of aromatic nitrogens is 2. The zero-order chi connectivity index (χ0) is 11.5. The highest BCUT2D eigenvalue weighted by Crippen LogP contribution is 2.31. The fraction of sp³-hybridized carbons (Fsp3) is 0.727. The van der Waals surface area contributed by atoms with Gasteiger partial charge in [0, 0.05) is 6.04 Å². The van der Waals surface area contributed by atoms with E-state index in [1.165, 1.54) is 12.8 Å².